The van der Waals surface area contributed by atoms with Gasteiger partial charge in [0.15, 0.2) is 5.67 Å². The lowest BCUT2D eigenvalue weighted by molar-refractivity contribution is -0.133. The summed E-state index contributed by atoms with van der Waals surface area (Å²) in [5.74, 6) is -1.68. The van der Waals surface area contributed by atoms with Crippen molar-refractivity contribution in [3.8, 4) is 11.3 Å². The van der Waals surface area contributed by atoms with Crippen LogP contribution in [0.4, 0.5) is 4.39 Å². The number of nitrogens with zero attached hydrogens (tertiary/aromatic N) is 1. The summed E-state index contributed by atoms with van der Waals surface area (Å²) in [7, 11) is 0. The number of hydrogen-bond acceptors (Lipinski definition) is 3. The zero-order valence-electron chi connectivity index (χ0n) is 14.9. The Bertz CT molecular complexity index is 1140. The van der Waals surface area contributed by atoms with Gasteiger partial charge < -0.3 is 5.11 Å². The molecule has 2 unspecified atom stereocenters. The first-order valence-electron chi connectivity index (χ1n) is 8.68. The average molecular weight is 446 g/mol. The first kappa shape index (κ1) is 19.8. The Morgan fingerprint density at radius 1 is 1.14 bits per heavy atom. The van der Waals surface area contributed by atoms with Gasteiger partial charge in [0, 0.05) is 22.4 Å². The van der Waals surface area contributed by atoms with E-state index in [-0.39, 0.29) is 10.6 Å². The van der Waals surface area contributed by atoms with Gasteiger partial charge in [-0.25, -0.2) is 14.2 Å². The molecule has 2 aromatic carbocycles. The van der Waals surface area contributed by atoms with Gasteiger partial charge in [0.25, 0.3) is 0 Å². The average Bonchev–Trinajstić information content (AvgIpc) is 3.22. The lowest BCUT2D eigenvalue weighted by Gasteiger charge is -2.25. The maximum atomic E-state index is 15.8. The molecule has 0 spiro atoms. The van der Waals surface area contributed by atoms with Crippen LogP contribution < -0.4 is 0 Å². The Hall–Kier alpha value is -2.47. The highest BCUT2D eigenvalue weighted by Crippen LogP contribution is 2.42. The molecule has 0 fully saturated rings. The van der Waals surface area contributed by atoms with Gasteiger partial charge in [-0.3, -0.25) is 0 Å². The van der Waals surface area contributed by atoms with Gasteiger partial charge >= 0.3 is 5.97 Å². The summed E-state index contributed by atoms with van der Waals surface area (Å²) in [4.78, 5) is 16.2. The molecule has 0 amide bonds. The maximum absolute atomic E-state index is 15.8. The number of halogens is 3. The SMILES string of the molecule is O=C(O)C1=CC(F)(c2nc(-c3ccc(Cl)c(Cl)c3)cs2)C=CC1c1ccccc1. The maximum Gasteiger partial charge on any atom is 0.332 e. The van der Waals surface area contributed by atoms with Gasteiger partial charge in [-0.1, -0.05) is 65.7 Å². The summed E-state index contributed by atoms with van der Waals surface area (Å²) in [6.07, 6.45) is 4.10. The highest BCUT2D eigenvalue weighted by Gasteiger charge is 2.37. The zero-order valence-corrected chi connectivity index (χ0v) is 17.2. The number of rotatable bonds is 4. The van der Waals surface area contributed by atoms with Crippen molar-refractivity contribution >= 4 is 40.5 Å². The van der Waals surface area contributed by atoms with Gasteiger partial charge in [-0.2, -0.15) is 0 Å². The summed E-state index contributed by atoms with van der Waals surface area (Å²) in [6, 6.07) is 14.2. The predicted octanol–water partition coefficient (Wildman–Crippen LogP) is 6.65. The van der Waals surface area contributed by atoms with Gasteiger partial charge in [-0.15, -0.1) is 11.3 Å². The summed E-state index contributed by atoms with van der Waals surface area (Å²) in [6.45, 7) is 0. The van der Waals surface area contributed by atoms with E-state index < -0.39 is 17.6 Å². The van der Waals surface area contributed by atoms with Crippen LogP contribution in [0.25, 0.3) is 11.3 Å². The van der Waals surface area contributed by atoms with E-state index in [2.05, 4.69) is 4.98 Å². The first-order chi connectivity index (χ1) is 13.9. The van der Waals surface area contributed by atoms with E-state index in [0.717, 1.165) is 23.0 Å². The predicted molar refractivity (Wildman–Crippen MR) is 114 cm³/mol. The standard InChI is InChI=1S/C22H14Cl2FNO2S/c23-17-7-6-14(10-18(17)24)19-12-29-21(26-19)22(25)9-8-15(16(11-22)20(27)28)13-4-2-1-3-5-13/h1-12,15H,(H,27,28). The Labute approximate surface area is 180 Å². The van der Waals surface area contributed by atoms with Crippen LogP contribution in [-0.2, 0) is 10.5 Å². The van der Waals surface area contributed by atoms with Gasteiger partial charge in [0.2, 0.25) is 0 Å². The van der Waals surface area contributed by atoms with Crippen LogP contribution in [0.2, 0.25) is 10.0 Å². The normalized spacial score (nSPS) is 21.1. The van der Waals surface area contributed by atoms with E-state index in [0.29, 0.717) is 21.3 Å². The van der Waals surface area contributed by atoms with Crippen molar-refractivity contribution in [3.63, 3.8) is 0 Å². The number of allylic oxidation sites excluding steroid dienone is 3. The summed E-state index contributed by atoms with van der Waals surface area (Å²) >= 11 is 13.1. The number of thiazole rings is 1. The molecule has 1 aliphatic rings. The molecule has 4 rings (SSSR count). The summed E-state index contributed by atoms with van der Waals surface area (Å²) < 4.78 is 15.8. The van der Waals surface area contributed by atoms with Crippen molar-refractivity contribution in [3.05, 3.63) is 98.3 Å². The highest BCUT2D eigenvalue weighted by atomic mass is 35.5. The zero-order chi connectivity index (χ0) is 20.6. The molecule has 0 aliphatic heterocycles. The lowest BCUT2D eigenvalue weighted by Crippen LogP contribution is -2.23. The topological polar surface area (TPSA) is 50.2 Å². The third kappa shape index (κ3) is 3.86. The molecule has 7 heteroatoms. The monoisotopic (exact) mass is 445 g/mol. The van der Waals surface area contributed by atoms with Crippen LogP contribution in [0.15, 0.2) is 77.7 Å². The Morgan fingerprint density at radius 2 is 1.90 bits per heavy atom. The van der Waals surface area contributed by atoms with Crippen LogP contribution in [0, 0.1) is 0 Å². The van der Waals surface area contributed by atoms with E-state index in [1.54, 1.807) is 29.7 Å². The van der Waals surface area contributed by atoms with E-state index in [1.807, 2.05) is 30.3 Å². The molecule has 1 N–H and O–H groups in total. The van der Waals surface area contributed by atoms with Crippen molar-refractivity contribution in [2.75, 3.05) is 0 Å². The summed E-state index contributed by atoms with van der Waals surface area (Å²) in [5, 5.41) is 12.3. The van der Waals surface area contributed by atoms with E-state index >= 15 is 4.39 Å². The molecule has 1 heterocycles. The number of carboxylic acid groups (broad SMARTS) is 1. The molecule has 29 heavy (non-hydrogen) atoms. The van der Waals surface area contributed by atoms with Crippen molar-refractivity contribution in [2.45, 2.75) is 11.6 Å². The van der Waals surface area contributed by atoms with Gasteiger partial charge in [-0.05, 0) is 29.8 Å². The number of carboxylic acids is 1. The second-order valence-corrected chi connectivity index (χ2v) is 8.26. The number of aromatic nitrogens is 1. The second kappa shape index (κ2) is 7.75. The number of aliphatic carboxylic acids is 1. The van der Waals surface area contributed by atoms with Crippen molar-refractivity contribution in [1.29, 1.82) is 0 Å². The van der Waals surface area contributed by atoms with Crippen LogP contribution in [0.5, 0.6) is 0 Å². The highest BCUT2D eigenvalue weighted by molar-refractivity contribution is 7.10. The third-order valence-corrected chi connectivity index (χ3v) is 6.39. The molecular weight excluding hydrogens is 432 g/mol. The Kier molecular flexibility index (Phi) is 5.30. The molecule has 1 aliphatic carbocycles. The largest absolute Gasteiger partial charge is 0.478 e. The molecule has 2 atom stereocenters. The first-order valence-corrected chi connectivity index (χ1v) is 10.3. The number of hydrogen-bond donors (Lipinski definition) is 1. The molecule has 146 valence electrons. The minimum atomic E-state index is -2.10. The summed E-state index contributed by atoms with van der Waals surface area (Å²) in [5.41, 5.74) is -0.0834. The molecule has 1 aromatic heterocycles. The minimum Gasteiger partial charge on any atom is -0.478 e. The molecule has 3 nitrogen and oxygen atoms in total. The van der Waals surface area contributed by atoms with Crippen molar-refractivity contribution in [1.82, 2.24) is 4.98 Å². The van der Waals surface area contributed by atoms with E-state index in [4.69, 9.17) is 23.2 Å². The minimum absolute atomic E-state index is 0.0208. The van der Waals surface area contributed by atoms with Gasteiger partial charge in [0.05, 0.1) is 15.7 Å². The molecular formula is C22H14Cl2FNO2S. The molecule has 0 saturated heterocycles. The molecule has 0 radical (unpaired) electrons. The van der Waals surface area contributed by atoms with Gasteiger partial charge in [0.1, 0.15) is 5.01 Å². The van der Waals surface area contributed by atoms with Crippen LogP contribution >= 0.6 is 34.5 Å². The number of alkyl halides is 1. The third-order valence-electron chi connectivity index (χ3n) is 4.68. The molecule has 0 bridgehead atoms. The quantitative estimate of drug-likeness (QED) is 0.457. The van der Waals surface area contributed by atoms with Crippen molar-refractivity contribution in [2.24, 2.45) is 0 Å². The van der Waals surface area contributed by atoms with Crippen molar-refractivity contribution < 1.29 is 14.3 Å². The molecule has 0 saturated carbocycles. The van der Waals surface area contributed by atoms with Crippen LogP contribution in [0.3, 0.4) is 0 Å². The molecule has 3 aromatic rings. The Morgan fingerprint density at radius 3 is 2.59 bits per heavy atom. The van der Waals surface area contributed by atoms with E-state index in [9.17, 15) is 9.90 Å². The fourth-order valence-electron chi connectivity index (χ4n) is 3.22. The lowest BCUT2D eigenvalue weighted by atomic mass is 9.83. The number of carbonyl (C=O) groups is 1. The second-order valence-electron chi connectivity index (χ2n) is 6.59. The fourth-order valence-corrected chi connectivity index (χ4v) is 4.39. The Balaban J connectivity index is 1.71. The van der Waals surface area contributed by atoms with Crippen LogP contribution in [-0.4, -0.2) is 16.1 Å². The van der Waals surface area contributed by atoms with Crippen LogP contribution in [0.1, 0.15) is 16.5 Å². The number of benzene rings is 2. The fraction of sp³-hybridized carbons (Fsp3) is 0.0909. The smallest absolute Gasteiger partial charge is 0.332 e. The van der Waals surface area contributed by atoms with E-state index in [1.165, 1.54) is 6.08 Å².